The maximum absolute atomic E-state index is 12.9. The molecule has 19 heavy (non-hydrogen) atoms. The SMILES string of the molecule is Cc1nsc(NC(Cc2ccc(F)cc2)C(C)C)n1. The molecule has 1 aromatic heterocycles. The fraction of sp³-hybridized carbons (Fsp3) is 0.429. The van der Waals surface area contributed by atoms with Gasteiger partial charge in [-0.1, -0.05) is 26.0 Å². The van der Waals surface area contributed by atoms with E-state index in [-0.39, 0.29) is 11.9 Å². The first-order valence-corrected chi connectivity index (χ1v) is 7.13. The summed E-state index contributed by atoms with van der Waals surface area (Å²) in [4.78, 5) is 4.32. The molecule has 1 atom stereocenters. The lowest BCUT2D eigenvalue weighted by Gasteiger charge is -2.21. The van der Waals surface area contributed by atoms with E-state index in [9.17, 15) is 4.39 Å². The van der Waals surface area contributed by atoms with Gasteiger partial charge >= 0.3 is 0 Å². The van der Waals surface area contributed by atoms with Crippen LogP contribution < -0.4 is 5.32 Å². The van der Waals surface area contributed by atoms with Gasteiger partial charge in [0.15, 0.2) is 0 Å². The zero-order valence-electron chi connectivity index (χ0n) is 11.4. The van der Waals surface area contributed by atoms with Crippen molar-refractivity contribution >= 4 is 16.7 Å². The number of halogens is 1. The third kappa shape index (κ3) is 3.99. The van der Waals surface area contributed by atoms with Crippen LogP contribution >= 0.6 is 11.5 Å². The van der Waals surface area contributed by atoms with Crippen LogP contribution in [-0.4, -0.2) is 15.4 Å². The van der Waals surface area contributed by atoms with Gasteiger partial charge in [-0.2, -0.15) is 4.37 Å². The van der Waals surface area contributed by atoms with Gasteiger partial charge in [0.05, 0.1) is 0 Å². The van der Waals surface area contributed by atoms with E-state index in [4.69, 9.17) is 0 Å². The smallest absolute Gasteiger partial charge is 0.202 e. The van der Waals surface area contributed by atoms with Crippen LogP contribution in [0.5, 0.6) is 0 Å². The number of rotatable bonds is 5. The van der Waals surface area contributed by atoms with Crippen molar-refractivity contribution in [3.8, 4) is 0 Å². The molecule has 1 heterocycles. The number of aryl methyl sites for hydroxylation is 1. The number of benzene rings is 1. The summed E-state index contributed by atoms with van der Waals surface area (Å²) < 4.78 is 17.1. The molecule has 0 bridgehead atoms. The van der Waals surface area contributed by atoms with E-state index in [0.717, 1.165) is 22.9 Å². The molecule has 0 amide bonds. The minimum Gasteiger partial charge on any atom is -0.357 e. The molecule has 0 saturated carbocycles. The monoisotopic (exact) mass is 279 g/mol. The van der Waals surface area contributed by atoms with Crippen molar-refractivity contribution in [2.24, 2.45) is 5.92 Å². The van der Waals surface area contributed by atoms with Crippen LogP contribution in [0.15, 0.2) is 24.3 Å². The third-order valence-corrected chi connectivity index (χ3v) is 3.75. The van der Waals surface area contributed by atoms with Gasteiger partial charge in [0.2, 0.25) is 5.13 Å². The number of nitrogens with zero attached hydrogens (tertiary/aromatic N) is 2. The van der Waals surface area contributed by atoms with Gasteiger partial charge in [-0.15, -0.1) is 0 Å². The van der Waals surface area contributed by atoms with Crippen molar-refractivity contribution in [3.05, 3.63) is 41.5 Å². The van der Waals surface area contributed by atoms with Gasteiger partial charge in [-0.05, 0) is 37.0 Å². The Balaban J connectivity index is 2.06. The predicted octanol–water partition coefficient (Wildman–Crippen LogP) is 3.66. The first-order valence-electron chi connectivity index (χ1n) is 6.36. The molecule has 0 aliphatic heterocycles. The summed E-state index contributed by atoms with van der Waals surface area (Å²) in [5, 5.41) is 4.26. The van der Waals surface area contributed by atoms with Crippen LogP contribution in [0.2, 0.25) is 0 Å². The fourth-order valence-electron chi connectivity index (χ4n) is 1.84. The largest absolute Gasteiger partial charge is 0.357 e. The van der Waals surface area contributed by atoms with E-state index in [2.05, 4.69) is 28.5 Å². The Morgan fingerprint density at radius 3 is 2.47 bits per heavy atom. The predicted molar refractivity (Wildman–Crippen MR) is 77.0 cm³/mol. The van der Waals surface area contributed by atoms with Crippen molar-refractivity contribution < 1.29 is 4.39 Å². The Hall–Kier alpha value is -1.49. The summed E-state index contributed by atoms with van der Waals surface area (Å²) >= 11 is 1.38. The third-order valence-electron chi connectivity index (χ3n) is 3.01. The highest BCUT2D eigenvalue weighted by Crippen LogP contribution is 2.18. The molecule has 1 N–H and O–H groups in total. The van der Waals surface area contributed by atoms with Crippen LogP contribution in [0.25, 0.3) is 0 Å². The van der Waals surface area contributed by atoms with Gasteiger partial charge in [0, 0.05) is 17.6 Å². The van der Waals surface area contributed by atoms with Crippen LogP contribution in [0.3, 0.4) is 0 Å². The lowest BCUT2D eigenvalue weighted by atomic mass is 9.96. The Kier molecular flexibility index (Phi) is 4.47. The maximum atomic E-state index is 12.9. The van der Waals surface area contributed by atoms with E-state index < -0.39 is 0 Å². The Bertz CT molecular complexity index is 522. The fourth-order valence-corrected chi connectivity index (χ4v) is 2.48. The highest BCUT2D eigenvalue weighted by molar-refractivity contribution is 7.09. The summed E-state index contributed by atoms with van der Waals surface area (Å²) in [6, 6.07) is 6.93. The quantitative estimate of drug-likeness (QED) is 0.907. The molecule has 102 valence electrons. The van der Waals surface area contributed by atoms with Crippen LogP contribution in [0.1, 0.15) is 25.2 Å². The van der Waals surface area contributed by atoms with Crippen molar-refractivity contribution in [2.45, 2.75) is 33.2 Å². The van der Waals surface area contributed by atoms with Gasteiger partial charge < -0.3 is 5.32 Å². The lowest BCUT2D eigenvalue weighted by molar-refractivity contribution is 0.520. The molecular weight excluding hydrogens is 261 g/mol. The zero-order chi connectivity index (χ0) is 13.8. The molecule has 0 radical (unpaired) electrons. The molecule has 0 saturated heterocycles. The van der Waals surface area contributed by atoms with Crippen LogP contribution in [0, 0.1) is 18.7 Å². The highest BCUT2D eigenvalue weighted by atomic mass is 32.1. The molecule has 2 rings (SSSR count). The molecular formula is C14H18FN3S. The molecule has 0 aliphatic rings. The molecule has 3 nitrogen and oxygen atoms in total. The van der Waals surface area contributed by atoms with Crippen molar-refractivity contribution in [1.29, 1.82) is 0 Å². The molecule has 0 spiro atoms. The second-order valence-electron chi connectivity index (χ2n) is 4.97. The lowest BCUT2D eigenvalue weighted by Crippen LogP contribution is -2.28. The second-order valence-corrected chi connectivity index (χ2v) is 5.72. The number of hydrogen-bond acceptors (Lipinski definition) is 4. The Morgan fingerprint density at radius 2 is 1.95 bits per heavy atom. The average Bonchev–Trinajstić information content (AvgIpc) is 2.76. The first kappa shape index (κ1) is 13.9. The van der Waals surface area contributed by atoms with E-state index in [0.29, 0.717) is 5.92 Å². The first-order chi connectivity index (χ1) is 9.04. The Morgan fingerprint density at radius 1 is 1.26 bits per heavy atom. The van der Waals surface area contributed by atoms with Crippen molar-refractivity contribution in [1.82, 2.24) is 9.36 Å². The minimum absolute atomic E-state index is 0.197. The van der Waals surface area contributed by atoms with Crippen LogP contribution in [-0.2, 0) is 6.42 Å². The van der Waals surface area contributed by atoms with E-state index >= 15 is 0 Å². The standard InChI is InChI=1S/C14H18FN3S/c1-9(2)13(17-14-16-10(3)18-19-14)8-11-4-6-12(15)7-5-11/h4-7,9,13H,8H2,1-3H3,(H,16,17,18). The number of anilines is 1. The van der Waals surface area contributed by atoms with Gasteiger partial charge in [-0.3, -0.25) is 0 Å². The molecule has 5 heteroatoms. The number of aromatic nitrogens is 2. The average molecular weight is 279 g/mol. The molecule has 2 aromatic rings. The number of nitrogens with one attached hydrogen (secondary N) is 1. The van der Waals surface area contributed by atoms with Crippen molar-refractivity contribution in [3.63, 3.8) is 0 Å². The summed E-state index contributed by atoms with van der Waals surface area (Å²) in [6.45, 7) is 6.20. The van der Waals surface area contributed by atoms with Gasteiger partial charge in [-0.25, -0.2) is 9.37 Å². The molecule has 0 fully saturated rings. The highest BCUT2D eigenvalue weighted by Gasteiger charge is 2.15. The van der Waals surface area contributed by atoms with Gasteiger partial charge in [0.25, 0.3) is 0 Å². The summed E-state index contributed by atoms with van der Waals surface area (Å²) in [5.74, 6) is 1.05. The zero-order valence-corrected chi connectivity index (χ0v) is 12.2. The van der Waals surface area contributed by atoms with Crippen molar-refractivity contribution in [2.75, 3.05) is 5.32 Å². The van der Waals surface area contributed by atoms with E-state index in [1.807, 2.05) is 19.1 Å². The topological polar surface area (TPSA) is 37.8 Å². The molecule has 1 aromatic carbocycles. The maximum Gasteiger partial charge on any atom is 0.202 e. The molecule has 1 unspecified atom stereocenters. The second kappa shape index (κ2) is 6.10. The van der Waals surface area contributed by atoms with Crippen LogP contribution in [0.4, 0.5) is 9.52 Å². The summed E-state index contributed by atoms with van der Waals surface area (Å²) in [7, 11) is 0. The number of hydrogen-bond donors (Lipinski definition) is 1. The van der Waals surface area contributed by atoms with Gasteiger partial charge in [0.1, 0.15) is 11.6 Å². The Labute approximate surface area is 117 Å². The minimum atomic E-state index is -0.197. The summed E-state index contributed by atoms with van der Waals surface area (Å²) in [5.41, 5.74) is 1.12. The normalized spacial score (nSPS) is 12.7. The summed E-state index contributed by atoms with van der Waals surface area (Å²) in [6.07, 6.45) is 0.844. The molecule has 0 aliphatic carbocycles. The van der Waals surface area contributed by atoms with E-state index in [1.54, 1.807) is 0 Å². The van der Waals surface area contributed by atoms with E-state index in [1.165, 1.54) is 23.7 Å².